The van der Waals surface area contributed by atoms with Gasteiger partial charge >= 0.3 is 0 Å². The van der Waals surface area contributed by atoms with Crippen LogP contribution in [0.15, 0.2) is 48.7 Å². The molecule has 2 aromatic heterocycles. The molecule has 3 aromatic rings. The quantitative estimate of drug-likeness (QED) is 0.806. The average molecular weight is 290 g/mol. The lowest BCUT2D eigenvalue weighted by Crippen LogP contribution is -2.13. The van der Waals surface area contributed by atoms with Crippen LogP contribution in [0, 0.1) is 11.3 Å². The van der Waals surface area contributed by atoms with Gasteiger partial charge in [-0.1, -0.05) is 25.1 Å². The zero-order chi connectivity index (χ0) is 15.5. The normalized spacial score (nSPS) is 10.4. The molecule has 3 rings (SSSR count). The molecule has 0 aliphatic carbocycles. The molecule has 2 heterocycles. The maximum atomic E-state index is 12.5. The van der Waals surface area contributed by atoms with E-state index in [1.165, 1.54) is 0 Å². The first kappa shape index (κ1) is 13.8. The van der Waals surface area contributed by atoms with Crippen LogP contribution >= 0.6 is 0 Å². The van der Waals surface area contributed by atoms with Crippen LogP contribution < -0.4 is 5.32 Å². The van der Waals surface area contributed by atoms with Crippen molar-refractivity contribution in [2.45, 2.75) is 13.3 Å². The molecule has 0 atom stereocenters. The van der Waals surface area contributed by atoms with E-state index in [4.69, 9.17) is 5.26 Å². The van der Waals surface area contributed by atoms with E-state index >= 15 is 0 Å². The molecule has 0 spiro atoms. The van der Waals surface area contributed by atoms with Crippen LogP contribution in [0.3, 0.4) is 0 Å². The number of carbonyl (C=O) groups excluding carboxylic acids is 1. The summed E-state index contributed by atoms with van der Waals surface area (Å²) < 4.78 is 1.91. The predicted molar refractivity (Wildman–Crippen MR) is 83.7 cm³/mol. The summed E-state index contributed by atoms with van der Waals surface area (Å²) in [7, 11) is 0. The Morgan fingerprint density at radius 3 is 2.82 bits per heavy atom. The number of aryl methyl sites for hydroxylation is 1. The highest BCUT2D eigenvalue weighted by Gasteiger charge is 2.17. The molecule has 5 nitrogen and oxygen atoms in total. The van der Waals surface area contributed by atoms with Crippen molar-refractivity contribution in [2.24, 2.45) is 0 Å². The molecule has 22 heavy (non-hydrogen) atoms. The standard InChI is InChI=1S/C17H14N4O/c1-2-15-20-16(14-9-5-6-10-21(14)15)17(22)19-13-8-4-3-7-12(13)11-18/h3-10H,2H2,1H3,(H,19,22). The number of amides is 1. The third kappa shape index (κ3) is 2.31. The summed E-state index contributed by atoms with van der Waals surface area (Å²) in [6.07, 6.45) is 2.62. The number of aromatic nitrogens is 2. The predicted octanol–water partition coefficient (Wildman–Crippen LogP) is 3.02. The van der Waals surface area contributed by atoms with Gasteiger partial charge < -0.3 is 9.72 Å². The number of benzene rings is 1. The van der Waals surface area contributed by atoms with Gasteiger partial charge in [0.05, 0.1) is 16.8 Å². The first-order valence-corrected chi connectivity index (χ1v) is 7.01. The lowest BCUT2D eigenvalue weighted by atomic mass is 10.2. The highest BCUT2D eigenvalue weighted by atomic mass is 16.1. The van der Waals surface area contributed by atoms with Crippen LogP contribution in [-0.4, -0.2) is 15.3 Å². The second kappa shape index (κ2) is 5.70. The number of carbonyl (C=O) groups is 1. The van der Waals surface area contributed by atoms with Crippen molar-refractivity contribution in [3.63, 3.8) is 0 Å². The minimum atomic E-state index is -0.314. The van der Waals surface area contributed by atoms with E-state index in [0.717, 1.165) is 17.8 Å². The number of anilines is 1. The fourth-order valence-electron chi connectivity index (χ4n) is 2.39. The first-order chi connectivity index (χ1) is 10.7. The van der Waals surface area contributed by atoms with Gasteiger partial charge in [0, 0.05) is 12.6 Å². The van der Waals surface area contributed by atoms with Gasteiger partial charge in [0.1, 0.15) is 11.9 Å². The van der Waals surface area contributed by atoms with Crippen LogP contribution in [0.5, 0.6) is 0 Å². The minimum absolute atomic E-state index is 0.314. The highest BCUT2D eigenvalue weighted by Crippen LogP contribution is 2.18. The monoisotopic (exact) mass is 290 g/mol. The number of rotatable bonds is 3. The van der Waals surface area contributed by atoms with Crippen LogP contribution in [0.1, 0.15) is 28.8 Å². The van der Waals surface area contributed by atoms with Crippen molar-refractivity contribution in [3.05, 3.63) is 65.7 Å². The molecule has 0 saturated carbocycles. The molecule has 0 radical (unpaired) electrons. The van der Waals surface area contributed by atoms with Crippen molar-refractivity contribution in [3.8, 4) is 6.07 Å². The van der Waals surface area contributed by atoms with Crippen LogP contribution in [0.2, 0.25) is 0 Å². The Bertz CT molecular complexity index is 889. The molecule has 1 amide bonds. The molecular formula is C17H14N4O. The van der Waals surface area contributed by atoms with Gasteiger partial charge in [-0.15, -0.1) is 0 Å². The third-order valence-electron chi connectivity index (χ3n) is 3.45. The molecule has 0 unspecified atom stereocenters. The van der Waals surface area contributed by atoms with Crippen molar-refractivity contribution < 1.29 is 4.79 Å². The lowest BCUT2D eigenvalue weighted by molar-refractivity contribution is 0.102. The van der Waals surface area contributed by atoms with Gasteiger partial charge in [-0.2, -0.15) is 5.26 Å². The molecule has 0 aliphatic rings. The third-order valence-corrected chi connectivity index (χ3v) is 3.45. The SMILES string of the molecule is CCc1nc(C(=O)Nc2ccccc2C#N)c2ccccn12. The number of para-hydroxylation sites is 1. The summed E-state index contributed by atoms with van der Waals surface area (Å²) in [5.41, 5.74) is 2.04. The molecule has 1 aromatic carbocycles. The number of hydrogen-bond acceptors (Lipinski definition) is 3. The minimum Gasteiger partial charge on any atom is -0.319 e. The van der Waals surface area contributed by atoms with E-state index in [9.17, 15) is 4.79 Å². The molecule has 0 fully saturated rings. The van der Waals surface area contributed by atoms with E-state index in [0.29, 0.717) is 16.9 Å². The van der Waals surface area contributed by atoms with E-state index in [2.05, 4.69) is 16.4 Å². The Kier molecular flexibility index (Phi) is 3.58. The first-order valence-electron chi connectivity index (χ1n) is 7.01. The van der Waals surface area contributed by atoms with E-state index in [1.54, 1.807) is 24.3 Å². The molecule has 0 aliphatic heterocycles. The molecule has 0 saturated heterocycles. The molecule has 5 heteroatoms. The van der Waals surface area contributed by atoms with Crippen LogP contribution in [0.4, 0.5) is 5.69 Å². The van der Waals surface area contributed by atoms with E-state index in [-0.39, 0.29) is 5.91 Å². The summed E-state index contributed by atoms with van der Waals surface area (Å²) in [6, 6.07) is 14.6. The van der Waals surface area contributed by atoms with Crippen LogP contribution in [0.25, 0.3) is 5.52 Å². The van der Waals surface area contributed by atoms with Gasteiger partial charge in [0.25, 0.3) is 5.91 Å². The topological polar surface area (TPSA) is 70.2 Å². The Hall–Kier alpha value is -3.13. The summed E-state index contributed by atoms with van der Waals surface area (Å²) in [5.74, 6) is 0.514. The van der Waals surface area contributed by atoms with E-state index in [1.807, 2.05) is 35.7 Å². The van der Waals surface area contributed by atoms with Crippen molar-refractivity contribution in [2.75, 3.05) is 5.32 Å². The number of fused-ring (bicyclic) bond motifs is 1. The lowest BCUT2D eigenvalue weighted by Gasteiger charge is -2.05. The summed E-state index contributed by atoms with van der Waals surface area (Å²) in [4.78, 5) is 17.0. The Balaban J connectivity index is 2.01. The smallest absolute Gasteiger partial charge is 0.276 e. The Labute approximate surface area is 127 Å². The Morgan fingerprint density at radius 1 is 1.27 bits per heavy atom. The van der Waals surface area contributed by atoms with Gasteiger partial charge in [-0.3, -0.25) is 4.79 Å². The van der Waals surface area contributed by atoms with Crippen molar-refractivity contribution in [1.29, 1.82) is 5.26 Å². The summed E-state index contributed by atoms with van der Waals surface area (Å²) in [6.45, 7) is 1.99. The van der Waals surface area contributed by atoms with Gasteiger partial charge in [-0.05, 0) is 24.3 Å². The summed E-state index contributed by atoms with van der Waals surface area (Å²) in [5, 5.41) is 11.9. The maximum Gasteiger partial charge on any atom is 0.276 e. The molecule has 108 valence electrons. The van der Waals surface area contributed by atoms with E-state index < -0.39 is 0 Å². The largest absolute Gasteiger partial charge is 0.319 e. The van der Waals surface area contributed by atoms with Gasteiger partial charge in [0.2, 0.25) is 0 Å². The number of nitrogens with one attached hydrogen (secondary N) is 1. The number of nitriles is 1. The van der Waals surface area contributed by atoms with Crippen molar-refractivity contribution in [1.82, 2.24) is 9.38 Å². The Morgan fingerprint density at radius 2 is 2.05 bits per heavy atom. The molecule has 1 N–H and O–H groups in total. The number of hydrogen-bond donors (Lipinski definition) is 1. The van der Waals surface area contributed by atoms with Gasteiger partial charge in [-0.25, -0.2) is 4.98 Å². The number of nitrogens with zero attached hydrogens (tertiary/aromatic N) is 3. The maximum absolute atomic E-state index is 12.5. The molecule has 0 bridgehead atoms. The molecular weight excluding hydrogens is 276 g/mol. The zero-order valence-electron chi connectivity index (χ0n) is 12.1. The van der Waals surface area contributed by atoms with Gasteiger partial charge in [0.15, 0.2) is 5.69 Å². The fourth-order valence-corrected chi connectivity index (χ4v) is 2.39. The second-order valence-electron chi connectivity index (χ2n) is 4.80. The highest BCUT2D eigenvalue weighted by molar-refractivity contribution is 6.08. The number of pyridine rings is 1. The summed E-state index contributed by atoms with van der Waals surface area (Å²) >= 11 is 0. The van der Waals surface area contributed by atoms with Crippen LogP contribution in [-0.2, 0) is 6.42 Å². The average Bonchev–Trinajstić information content (AvgIpc) is 2.94. The second-order valence-corrected chi connectivity index (χ2v) is 4.80. The fraction of sp³-hybridized carbons (Fsp3) is 0.118. The van der Waals surface area contributed by atoms with Crippen molar-refractivity contribution >= 4 is 17.1 Å². The number of imidazole rings is 1. The zero-order valence-corrected chi connectivity index (χ0v) is 12.1.